The van der Waals surface area contributed by atoms with Gasteiger partial charge in [-0.1, -0.05) is 43.5 Å². The second kappa shape index (κ2) is 12.4. The van der Waals surface area contributed by atoms with Crippen LogP contribution in [0, 0.1) is 12.7 Å². The average Bonchev–Trinajstić information content (AvgIpc) is 3.23. The Morgan fingerprint density at radius 3 is 2.62 bits per heavy atom. The summed E-state index contributed by atoms with van der Waals surface area (Å²) in [5.74, 6) is -1.77. The first kappa shape index (κ1) is 25.6. The normalized spacial score (nSPS) is 14.8. The Kier molecular flexibility index (Phi) is 9.33. The van der Waals surface area contributed by atoms with Crippen molar-refractivity contribution in [3.05, 3.63) is 59.4 Å². The first-order chi connectivity index (χ1) is 16.4. The molecule has 1 fully saturated rings. The van der Waals surface area contributed by atoms with Crippen molar-refractivity contribution in [1.29, 1.82) is 0 Å². The van der Waals surface area contributed by atoms with E-state index in [0.29, 0.717) is 5.13 Å². The van der Waals surface area contributed by atoms with Gasteiger partial charge in [-0.25, -0.2) is 9.37 Å². The molecule has 1 unspecified atom stereocenters. The number of hydrogen-bond donors (Lipinski definition) is 2. The Morgan fingerprint density at radius 1 is 1.24 bits per heavy atom. The molecule has 0 bridgehead atoms. The lowest BCUT2D eigenvalue weighted by Gasteiger charge is -2.33. The zero-order valence-electron chi connectivity index (χ0n) is 19.4. The maximum absolute atomic E-state index is 14.8. The zero-order chi connectivity index (χ0) is 24.5. The molecule has 0 aliphatic heterocycles. The van der Waals surface area contributed by atoms with Crippen LogP contribution in [0.2, 0.25) is 0 Å². The van der Waals surface area contributed by atoms with Gasteiger partial charge >= 0.3 is 0 Å². The topological polar surface area (TPSA) is 91.4 Å². The quantitative estimate of drug-likeness (QED) is 0.483. The lowest BCUT2D eigenvalue weighted by molar-refractivity contribution is -0.141. The number of carbonyl (C=O) groups excluding carboxylic acids is 3. The Balaban J connectivity index is 1.76. The molecule has 34 heavy (non-hydrogen) atoms. The Bertz CT molecular complexity index is 1020. The molecule has 1 atom stereocenters. The zero-order valence-corrected chi connectivity index (χ0v) is 20.2. The van der Waals surface area contributed by atoms with Gasteiger partial charge in [-0.05, 0) is 25.8 Å². The molecular formula is C25H31FN4O3S. The molecule has 2 aromatic rings. The molecule has 1 heterocycles. The minimum absolute atomic E-state index is 0.00346. The number of carbonyl (C=O) groups is 3. The fourth-order valence-corrected chi connectivity index (χ4v) is 4.83. The van der Waals surface area contributed by atoms with Crippen molar-refractivity contribution in [3.8, 4) is 0 Å². The molecule has 1 saturated carbocycles. The molecule has 0 radical (unpaired) electrons. The van der Waals surface area contributed by atoms with Gasteiger partial charge in [0.1, 0.15) is 11.9 Å². The highest BCUT2D eigenvalue weighted by Crippen LogP contribution is 2.27. The molecule has 0 saturated heterocycles. The van der Waals surface area contributed by atoms with Crippen LogP contribution in [0.15, 0.2) is 42.3 Å². The van der Waals surface area contributed by atoms with Crippen molar-refractivity contribution in [2.45, 2.75) is 64.0 Å². The van der Waals surface area contributed by atoms with E-state index >= 15 is 0 Å². The van der Waals surface area contributed by atoms with Crippen LogP contribution in [0.5, 0.6) is 0 Å². The maximum atomic E-state index is 14.8. The SMILES string of the molecule is C=CCN(C(=O)CCC(=O)Nc1nc(C)cs1)C(C(=O)NC1CCCCC1)c1ccccc1F. The molecular weight excluding hydrogens is 455 g/mol. The van der Waals surface area contributed by atoms with Gasteiger partial charge in [0.25, 0.3) is 0 Å². The fourth-order valence-electron chi connectivity index (χ4n) is 4.12. The average molecular weight is 487 g/mol. The molecule has 0 spiro atoms. The summed E-state index contributed by atoms with van der Waals surface area (Å²) in [6.45, 7) is 5.57. The van der Waals surface area contributed by atoms with Gasteiger partial charge in [0.05, 0.1) is 5.69 Å². The van der Waals surface area contributed by atoms with Crippen LogP contribution in [0.1, 0.15) is 62.2 Å². The number of amides is 3. The number of aromatic nitrogens is 1. The highest BCUT2D eigenvalue weighted by Gasteiger charge is 2.34. The number of thiazole rings is 1. The van der Waals surface area contributed by atoms with E-state index in [9.17, 15) is 18.8 Å². The van der Waals surface area contributed by atoms with Gasteiger partial charge in [-0.3, -0.25) is 14.4 Å². The summed E-state index contributed by atoms with van der Waals surface area (Å²) in [6, 6.07) is 4.82. The number of anilines is 1. The van der Waals surface area contributed by atoms with Crippen molar-refractivity contribution < 1.29 is 18.8 Å². The van der Waals surface area contributed by atoms with Crippen LogP contribution < -0.4 is 10.6 Å². The van der Waals surface area contributed by atoms with Gasteiger partial charge in [0.15, 0.2) is 5.13 Å². The van der Waals surface area contributed by atoms with Crippen molar-refractivity contribution in [2.75, 3.05) is 11.9 Å². The maximum Gasteiger partial charge on any atom is 0.247 e. The van der Waals surface area contributed by atoms with E-state index in [1.807, 2.05) is 12.3 Å². The Labute approximate surface area is 203 Å². The summed E-state index contributed by atoms with van der Waals surface area (Å²) < 4.78 is 14.8. The summed E-state index contributed by atoms with van der Waals surface area (Å²) in [5, 5.41) is 7.98. The van der Waals surface area contributed by atoms with E-state index in [0.717, 1.165) is 37.8 Å². The van der Waals surface area contributed by atoms with E-state index < -0.39 is 23.7 Å². The molecule has 1 aromatic heterocycles. The van der Waals surface area contributed by atoms with Crippen molar-refractivity contribution in [2.24, 2.45) is 0 Å². The number of hydrogen-bond acceptors (Lipinski definition) is 5. The minimum atomic E-state index is -1.15. The summed E-state index contributed by atoms with van der Waals surface area (Å²) in [7, 11) is 0. The number of benzene rings is 1. The van der Waals surface area contributed by atoms with E-state index in [2.05, 4.69) is 22.2 Å². The van der Waals surface area contributed by atoms with Gasteiger partial charge in [0, 0.05) is 36.4 Å². The van der Waals surface area contributed by atoms with Gasteiger partial charge in [0.2, 0.25) is 17.7 Å². The van der Waals surface area contributed by atoms with Crippen LogP contribution in [0.25, 0.3) is 0 Å². The van der Waals surface area contributed by atoms with E-state index in [1.165, 1.54) is 34.4 Å². The van der Waals surface area contributed by atoms with Gasteiger partial charge < -0.3 is 15.5 Å². The molecule has 2 N–H and O–H groups in total. The summed E-state index contributed by atoms with van der Waals surface area (Å²) in [5.41, 5.74) is 0.916. The highest BCUT2D eigenvalue weighted by molar-refractivity contribution is 7.13. The van der Waals surface area contributed by atoms with Crippen LogP contribution >= 0.6 is 11.3 Å². The molecule has 182 valence electrons. The summed E-state index contributed by atoms with van der Waals surface area (Å²) in [6.07, 6.45) is 6.19. The second-order valence-corrected chi connectivity index (χ2v) is 9.30. The fraction of sp³-hybridized carbons (Fsp3) is 0.440. The molecule has 1 aliphatic rings. The number of halogens is 1. The molecule has 9 heteroatoms. The number of nitrogens with one attached hydrogen (secondary N) is 2. The van der Waals surface area contributed by atoms with Crippen LogP contribution in [0.3, 0.4) is 0 Å². The number of rotatable bonds is 10. The van der Waals surface area contributed by atoms with Crippen molar-refractivity contribution in [3.63, 3.8) is 0 Å². The van der Waals surface area contributed by atoms with E-state index in [4.69, 9.17) is 0 Å². The van der Waals surface area contributed by atoms with Crippen LogP contribution in [0.4, 0.5) is 9.52 Å². The van der Waals surface area contributed by atoms with Gasteiger partial charge in [-0.15, -0.1) is 17.9 Å². The summed E-state index contributed by atoms with van der Waals surface area (Å²) >= 11 is 1.30. The van der Waals surface area contributed by atoms with Crippen LogP contribution in [-0.2, 0) is 14.4 Å². The van der Waals surface area contributed by atoms with Crippen molar-refractivity contribution >= 4 is 34.2 Å². The van der Waals surface area contributed by atoms with Crippen molar-refractivity contribution in [1.82, 2.24) is 15.2 Å². The third kappa shape index (κ3) is 6.96. The molecule has 3 rings (SSSR count). The van der Waals surface area contributed by atoms with E-state index in [-0.39, 0.29) is 36.9 Å². The van der Waals surface area contributed by atoms with Crippen LogP contribution in [-0.4, -0.2) is 40.2 Å². The summed E-state index contributed by atoms with van der Waals surface area (Å²) in [4.78, 5) is 44.4. The molecule has 3 amide bonds. The smallest absolute Gasteiger partial charge is 0.247 e. The third-order valence-corrected chi connectivity index (χ3v) is 6.66. The molecule has 1 aromatic carbocycles. The van der Waals surface area contributed by atoms with Gasteiger partial charge in [-0.2, -0.15) is 0 Å². The lowest BCUT2D eigenvalue weighted by atomic mass is 9.94. The number of aryl methyl sites for hydroxylation is 1. The number of nitrogens with zero attached hydrogens (tertiary/aromatic N) is 2. The standard InChI is InChI=1S/C25H31FN4O3S/c1-3-15-30(22(32)14-13-21(31)29-25-27-17(2)16-34-25)23(19-11-7-8-12-20(19)26)24(33)28-18-9-5-4-6-10-18/h3,7-8,11-12,16,18,23H,1,4-6,9-10,13-15H2,2H3,(H,28,33)(H,27,29,31). The first-order valence-corrected chi connectivity index (χ1v) is 12.4. The molecule has 1 aliphatic carbocycles. The highest BCUT2D eigenvalue weighted by atomic mass is 32.1. The predicted molar refractivity (Wildman–Crippen MR) is 131 cm³/mol. The monoisotopic (exact) mass is 486 g/mol. The Morgan fingerprint density at radius 2 is 1.97 bits per heavy atom. The van der Waals surface area contributed by atoms with E-state index in [1.54, 1.807) is 12.1 Å². The minimum Gasteiger partial charge on any atom is -0.351 e. The Hall–Kier alpha value is -3.07. The first-order valence-electron chi connectivity index (χ1n) is 11.6. The lowest BCUT2D eigenvalue weighted by Crippen LogP contribution is -2.47. The second-order valence-electron chi connectivity index (χ2n) is 8.44. The predicted octanol–water partition coefficient (Wildman–Crippen LogP) is 4.51. The largest absolute Gasteiger partial charge is 0.351 e. The third-order valence-electron chi connectivity index (χ3n) is 5.79. The molecule has 7 nitrogen and oxygen atoms in total.